The summed E-state index contributed by atoms with van der Waals surface area (Å²) in [5.74, 6) is 0. The second kappa shape index (κ2) is 4.73. The van der Waals surface area contributed by atoms with Gasteiger partial charge in [0.05, 0.1) is 11.6 Å². The average molecular weight is 213 g/mol. The lowest BCUT2D eigenvalue weighted by Crippen LogP contribution is -2.32. The minimum absolute atomic E-state index is 0.160. The molecule has 0 saturated carbocycles. The highest BCUT2D eigenvalue weighted by Crippen LogP contribution is 2.05. The highest BCUT2D eigenvalue weighted by atomic mass is 32.2. The van der Waals surface area contributed by atoms with Gasteiger partial charge in [0.15, 0.2) is 0 Å². The Hall–Kier alpha value is -1.40. The molecule has 0 aliphatic carbocycles. The van der Waals surface area contributed by atoms with Gasteiger partial charge < -0.3 is 5.32 Å². The maximum atomic E-state index is 11.4. The van der Waals surface area contributed by atoms with Gasteiger partial charge in [-0.15, -0.1) is 0 Å². The van der Waals surface area contributed by atoms with Gasteiger partial charge in [-0.25, -0.2) is 8.42 Å². The first-order valence-electron chi connectivity index (χ1n) is 3.81. The largest absolute Gasteiger partial charge is 0.334 e. The van der Waals surface area contributed by atoms with E-state index in [0.717, 1.165) is 0 Å². The van der Waals surface area contributed by atoms with Crippen LogP contribution in [0.1, 0.15) is 0 Å². The lowest BCUT2D eigenvalue weighted by atomic mass is 10.4. The van der Waals surface area contributed by atoms with Gasteiger partial charge in [-0.2, -0.15) is 4.72 Å². The molecule has 1 amide bonds. The molecule has 0 aliphatic rings. The van der Waals surface area contributed by atoms with Crippen LogP contribution in [-0.2, 0) is 14.8 Å². The first kappa shape index (κ1) is 10.7. The number of hydrogen-bond donors (Lipinski definition) is 2. The standard InChI is InChI=1S/C8H9N2O3S/c11-7-9-6-10-14(12,13)8-4-2-1-3-5-8/h1-5,10H,6H2,(H,9,11). The van der Waals surface area contributed by atoms with Gasteiger partial charge in [0.1, 0.15) is 0 Å². The van der Waals surface area contributed by atoms with Gasteiger partial charge >= 0.3 is 6.41 Å². The fraction of sp³-hybridized carbons (Fsp3) is 0.125. The molecule has 0 aliphatic heterocycles. The van der Waals surface area contributed by atoms with E-state index in [4.69, 9.17) is 0 Å². The van der Waals surface area contributed by atoms with Crippen LogP contribution in [0.5, 0.6) is 0 Å². The number of hydrogen-bond acceptors (Lipinski definition) is 3. The first-order valence-corrected chi connectivity index (χ1v) is 5.30. The zero-order chi connectivity index (χ0) is 10.4. The van der Waals surface area contributed by atoms with Crippen LogP contribution in [-0.4, -0.2) is 21.5 Å². The molecule has 0 spiro atoms. The normalized spacial score (nSPS) is 10.9. The van der Waals surface area contributed by atoms with Crippen LogP contribution >= 0.6 is 0 Å². The molecule has 0 aromatic heterocycles. The topological polar surface area (TPSA) is 75.3 Å². The van der Waals surface area contributed by atoms with Gasteiger partial charge in [-0.05, 0) is 12.1 Å². The molecule has 2 N–H and O–H groups in total. The number of nitrogens with one attached hydrogen (secondary N) is 2. The summed E-state index contributed by atoms with van der Waals surface area (Å²) in [6.45, 7) is -0.166. The van der Waals surface area contributed by atoms with E-state index in [-0.39, 0.29) is 11.6 Å². The zero-order valence-corrected chi connectivity index (χ0v) is 8.04. The molecular weight excluding hydrogens is 204 g/mol. The fourth-order valence-electron chi connectivity index (χ4n) is 0.850. The van der Waals surface area contributed by atoms with Crippen LogP contribution in [0.2, 0.25) is 0 Å². The predicted molar refractivity (Wildman–Crippen MR) is 50.5 cm³/mol. The molecule has 1 aromatic rings. The minimum Gasteiger partial charge on any atom is -0.334 e. The summed E-state index contributed by atoms with van der Waals surface area (Å²) < 4.78 is 25.0. The van der Waals surface area contributed by atoms with Gasteiger partial charge in [-0.3, -0.25) is 4.79 Å². The van der Waals surface area contributed by atoms with Crippen molar-refractivity contribution < 1.29 is 13.2 Å². The fourth-order valence-corrected chi connectivity index (χ4v) is 1.79. The SMILES string of the molecule is O=[C]NCNS(=O)(=O)c1ccccc1. The summed E-state index contributed by atoms with van der Waals surface area (Å²) >= 11 is 0. The van der Waals surface area contributed by atoms with Crippen LogP contribution < -0.4 is 10.0 Å². The molecule has 0 heterocycles. The third-order valence-electron chi connectivity index (χ3n) is 1.48. The van der Waals surface area contributed by atoms with Crippen molar-refractivity contribution in [2.45, 2.75) is 4.90 Å². The number of benzene rings is 1. The lowest BCUT2D eigenvalue weighted by Gasteiger charge is -2.04. The van der Waals surface area contributed by atoms with E-state index in [1.807, 2.05) is 0 Å². The molecule has 0 atom stereocenters. The maximum absolute atomic E-state index is 11.4. The highest BCUT2D eigenvalue weighted by Gasteiger charge is 2.11. The molecule has 0 fully saturated rings. The van der Waals surface area contributed by atoms with Crippen molar-refractivity contribution in [3.8, 4) is 0 Å². The van der Waals surface area contributed by atoms with E-state index in [9.17, 15) is 13.2 Å². The van der Waals surface area contributed by atoms with Crippen LogP contribution in [0.25, 0.3) is 0 Å². The third-order valence-corrected chi connectivity index (χ3v) is 2.89. The lowest BCUT2D eigenvalue weighted by molar-refractivity contribution is 0.538. The van der Waals surface area contributed by atoms with E-state index in [2.05, 4.69) is 10.0 Å². The summed E-state index contributed by atoms with van der Waals surface area (Å²) in [6.07, 6.45) is 1.36. The van der Waals surface area contributed by atoms with Crippen LogP contribution in [0.3, 0.4) is 0 Å². The van der Waals surface area contributed by atoms with Crippen molar-refractivity contribution in [2.75, 3.05) is 6.67 Å². The second-order valence-electron chi connectivity index (χ2n) is 2.42. The van der Waals surface area contributed by atoms with Crippen LogP contribution in [0, 0.1) is 0 Å². The van der Waals surface area contributed by atoms with Crippen LogP contribution in [0.4, 0.5) is 0 Å². The van der Waals surface area contributed by atoms with Crippen molar-refractivity contribution in [3.05, 3.63) is 30.3 Å². The Labute approximate surface area is 82.2 Å². The Balaban J connectivity index is 2.72. The second-order valence-corrected chi connectivity index (χ2v) is 4.18. The number of rotatable bonds is 5. The molecule has 0 bridgehead atoms. The smallest absolute Gasteiger partial charge is 0.310 e. The molecule has 75 valence electrons. The van der Waals surface area contributed by atoms with Crippen molar-refractivity contribution in [1.82, 2.24) is 10.0 Å². The Morgan fingerprint density at radius 3 is 2.43 bits per heavy atom. The molecule has 1 radical (unpaired) electrons. The zero-order valence-electron chi connectivity index (χ0n) is 7.23. The average Bonchev–Trinajstić information content (AvgIpc) is 2.19. The summed E-state index contributed by atoms with van der Waals surface area (Å²) in [6, 6.07) is 7.89. The molecule has 5 nitrogen and oxygen atoms in total. The quantitative estimate of drug-likeness (QED) is 0.396. The number of carbonyl (C=O) groups excluding carboxylic acids is 1. The summed E-state index contributed by atoms with van der Waals surface area (Å²) in [4.78, 5) is 9.92. The van der Waals surface area contributed by atoms with E-state index < -0.39 is 10.0 Å². The van der Waals surface area contributed by atoms with Gasteiger partial charge in [0, 0.05) is 0 Å². The molecule has 0 saturated heterocycles. The van der Waals surface area contributed by atoms with Crippen LogP contribution in [0.15, 0.2) is 35.2 Å². The van der Waals surface area contributed by atoms with Crippen molar-refractivity contribution >= 4 is 16.4 Å². The van der Waals surface area contributed by atoms with Crippen molar-refractivity contribution in [3.63, 3.8) is 0 Å². The summed E-state index contributed by atoms with van der Waals surface area (Å²) in [5.41, 5.74) is 0. The molecule has 6 heteroatoms. The maximum Gasteiger partial charge on any atom is 0.310 e. The third kappa shape index (κ3) is 2.82. The first-order chi connectivity index (χ1) is 6.67. The molecule has 1 aromatic carbocycles. The van der Waals surface area contributed by atoms with Crippen molar-refractivity contribution in [2.24, 2.45) is 0 Å². The minimum atomic E-state index is -3.52. The molecule has 0 unspecified atom stereocenters. The van der Waals surface area contributed by atoms with Gasteiger partial charge in [0.2, 0.25) is 10.0 Å². The number of sulfonamides is 1. The van der Waals surface area contributed by atoms with E-state index in [1.54, 1.807) is 18.2 Å². The predicted octanol–water partition coefficient (Wildman–Crippen LogP) is -0.421. The molecule has 1 rings (SSSR count). The van der Waals surface area contributed by atoms with Gasteiger partial charge in [-0.1, -0.05) is 18.2 Å². The Bertz CT molecular complexity index is 388. The van der Waals surface area contributed by atoms with E-state index in [1.165, 1.54) is 18.5 Å². The monoisotopic (exact) mass is 213 g/mol. The summed E-state index contributed by atoms with van der Waals surface area (Å²) in [7, 11) is -3.52. The molecular formula is C8H9N2O3S. The Morgan fingerprint density at radius 2 is 1.86 bits per heavy atom. The summed E-state index contributed by atoms with van der Waals surface area (Å²) in [5, 5.41) is 2.08. The Kier molecular flexibility index (Phi) is 3.61. The van der Waals surface area contributed by atoms with Crippen molar-refractivity contribution in [1.29, 1.82) is 0 Å². The van der Waals surface area contributed by atoms with E-state index in [0.29, 0.717) is 0 Å². The van der Waals surface area contributed by atoms with Gasteiger partial charge in [0.25, 0.3) is 0 Å². The van der Waals surface area contributed by atoms with E-state index >= 15 is 0 Å². The molecule has 14 heavy (non-hydrogen) atoms. The highest BCUT2D eigenvalue weighted by molar-refractivity contribution is 7.89. The number of amides is 1. The Morgan fingerprint density at radius 1 is 1.21 bits per heavy atom.